The van der Waals surface area contributed by atoms with Crippen LogP contribution in [0.2, 0.25) is 0 Å². The molecule has 2 atom stereocenters. The Morgan fingerprint density at radius 3 is 2.00 bits per heavy atom. The van der Waals surface area contributed by atoms with E-state index in [1.54, 1.807) is 0 Å². The van der Waals surface area contributed by atoms with Crippen molar-refractivity contribution >= 4 is 0 Å². The van der Waals surface area contributed by atoms with Crippen LogP contribution in [0.1, 0.15) is 66.2 Å². The Morgan fingerprint density at radius 2 is 1.62 bits per heavy atom. The molecular formula is C16H30. The second-order valence-corrected chi connectivity index (χ2v) is 5.11. The fourth-order valence-electron chi connectivity index (χ4n) is 2.24. The van der Waals surface area contributed by atoms with Gasteiger partial charge in [-0.3, -0.25) is 0 Å². The highest BCUT2D eigenvalue weighted by Crippen LogP contribution is 2.26. The molecule has 0 nitrogen and oxygen atoms in total. The topological polar surface area (TPSA) is 0 Å². The first kappa shape index (κ1) is 15.5. The summed E-state index contributed by atoms with van der Waals surface area (Å²) >= 11 is 0. The zero-order valence-corrected chi connectivity index (χ0v) is 11.8. The third kappa shape index (κ3) is 6.15. The molecule has 0 heteroatoms. The number of hydrogen-bond donors (Lipinski definition) is 0. The maximum atomic E-state index is 4.13. The van der Waals surface area contributed by atoms with Crippen LogP contribution < -0.4 is 0 Å². The number of allylic oxidation sites excluding steroid dienone is 2. The molecule has 0 aromatic rings. The van der Waals surface area contributed by atoms with Gasteiger partial charge in [-0.25, -0.2) is 0 Å². The molecule has 0 aliphatic heterocycles. The van der Waals surface area contributed by atoms with Gasteiger partial charge >= 0.3 is 0 Å². The van der Waals surface area contributed by atoms with Gasteiger partial charge in [0.1, 0.15) is 0 Å². The van der Waals surface area contributed by atoms with E-state index in [0.717, 1.165) is 18.3 Å². The molecular weight excluding hydrogens is 192 g/mol. The standard InChI is InChI=1S/C16H30/c1-7-14(6)12-15(8-2)10-11-16(9-3)13(4)5/h15-16H,4,6-12H2,1-3,5H3/t15?,16-/m1/s1. The summed E-state index contributed by atoms with van der Waals surface area (Å²) in [6.45, 7) is 17.2. The lowest BCUT2D eigenvalue weighted by Gasteiger charge is -2.20. The zero-order valence-electron chi connectivity index (χ0n) is 11.8. The van der Waals surface area contributed by atoms with Crippen molar-refractivity contribution < 1.29 is 0 Å². The summed E-state index contributed by atoms with van der Waals surface area (Å²) in [6.07, 6.45) is 7.52. The van der Waals surface area contributed by atoms with E-state index in [1.165, 1.54) is 43.3 Å². The highest BCUT2D eigenvalue weighted by Gasteiger charge is 2.12. The van der Waals surface area contributed by atoms with Crippen LogP contribution in [0.25, 0.3) is 0 Å². The highest BCUT2D eigenvalue weighted by atomic mass is 14.2. The van der Waals surface area contributed by atoms with Crippen LogP contribution in [-0.2, 0) is 0 Å². The minimum absolute atomic E-state index is 0.726. The summed E-state index contributed by atoms with van der Waals surface area (Å²) in [5.41, 5.74) is 2.77. The van der Waals surface area contributed by atoms with Crippen LogP contribution in [0.3, 0.4) is 0 Å². The minimum atomic E-state index is 0.726. The largest absolute Gasteiger partial charge is 0.0999 e. The normalized spacial score (nSPS) is 14.5. The summed E-state index contributed by atoms with van der Waals surface area (Å²) < 4.78 is 0. The van der Waals surface area contributed by atoms with Gasteiger partial charge in [-0.15, -0.1) is 0 Å². The van der Waals surface area contributed by atoms with Gasteiger partial charge in [-0.2, -0.15) is 0 Å². The van der Waals surface area contributed by atoms with E-state index in [0.29, 0.717) is 0 Å². The molecule has 0 amide bonds. The van der Waals surface area contributed by atoms with Gasteiger partial charge in [0.05, 0.1) is 0 Å². The van der Waals surface area contributed by atoms with E-state index in [9.17, 15) is 0 Å². The molecule has 0 rings (SSSR count). The minimum Gasteiger partial charge on any atom is -0.0999 e. The molecule has 0 N–H and O–H groups in total. The van der Waals surface area contributed by atoms with Crippen molar-refractivity contribution in [1.29, 1.82) is 0 Å². The predicted octanol–water partition coefficient (Wildman–Crippen LogP) is 5.75. The molecule has 0 saturated heterocycles. The van der Waals surface area contributed by atoms with Crippen LogP contribution in [0.4, 0.5) is 0 Å². The second-order valence-electron chi connectivity index (χ2n) is 5.11. The van der Waals surface area contributed by atoms with E-state index in [2.05, 4.69) is 40.9 Å². The van der Waals surface area contributed by atoms with E-state index in [-0.39, 0.29) is 0 Å². The first-order chi connectivity index (χ1) is 7.54. The lowest BCUT2D eigenvalue weighted by Crippen LogP contribution is -2.06. The average Bonchev–Trinajstić information content (AvgIpc) is 2.27. The number of hydrogen-bond acceptors (Lipinski definition) is 0. The molecule has 0 fully saturated rings. The van der Waals surface area contributed by atoms with E-state index in [1.807, 2.05) is 0 Å². The van der Waals surface area contributed by atoms with Crippen LogP contribution in [-0.4, -0.2) is 0 Å². The van der Waals surface area contributed by atoms with Crippen molar-refractivity contribution in [3.63, 3.8) is 0 Å². The van der Waals surface area contributed by atoms with Gasteiger partial charge in [0.25, 0.3) is 0 Å². The van der Waals surface area contributed by atoms with Gasteiger partial charge in [-0.1, -0.05) is 51.5 Å². The lowest BCUT2D eigenvalue weighted by atomic mass is 9.86. The molecule has 1 unspecified atom stereocenters. The molecule has 0 aromatic carbocycles. The lowest BCUT2D eigenvalue weighted by molar-refractivity contribution is 0.400. The number of rotatable bonds is 9. The average molecular weight is 222 g/mol. The van der Waals surface area contributed by atoms with Gasteiger partial charge < -0.3 is 0 Å². The van der Waals surface area contributed by atoms with Crippen molar-refractivity contribution in [3.8, 4) is 0 Å². The Hall–Kier alpha value is -0.520. The molecule has 0 saturated carbocycles. The summed E-state index contributed by atoms with van der Waals surface area (Å²) in [4.78, 5) is 0. The second kappa shape index (κ2) is 8.61. The maximum Gasteiger partial charge on any atom is -0.0211 e. The van der Waals surface area contributed by atoms with Crippen molar-refractivity contribution in [2.75, 3.05) is 0 Å². The molecule has 0 radical (unpaired) electrons. The molecule has 16 heavy (non-hydrogen) atoms. The third-order valence-electron chi connectivity index (χ3n) is 3.77. The van der Waals surface area contributed by atoms with Crippen LogP contribution >= 0.6 is 0 Å². The smallest absolute Gasteiger partial charge is 0.0211 e. The third-order valence-corrected chi connectivity index (χ3v) is 3.77. The monoisotopic (exact) mass is 222 g/mol. The van der Waals surface area contributed by atoms with Gasteiger partial charge in [0, 0.05) is 0 Å². The molecule has 0 aromatic heterocycles. The fraction of sp³-hybridized carbons (Fsp3) is 0.750. The summed E-state index contributed by atoms with van der Waals surface area (Å²) in [5, 5.41) is 0. The van der Waals surface area contributed by atoms with Crippen molar-refractivity contribution in [2.45, 2.75) is 66.2 Å². The van der Waals surface area contributed by atoms with E-state index >= 15 is 0 Å². The molecule has 0 heterocycles. The van der Waals surface area contributed by atoms with Crippen molar-refractivity contribution in [3.05, 3.63) is 24.3 Å². The maximum absolute atomic E-state index is 4.13. The fourth-order valence-corrected chi connectivity index (χ4v) is 2.24. The zero-order chi connectivity index (χ0) is 12.6. The Labute approximate surface area is 103 Å². The summed E-state index contributed by atoms with van der Waals surface area (Å²) in [6, 6.07) is 0. The van der Waals surface area contributed by atoms with Gasteiger partial charge in [0.15, 0.2) is 0 Å². The molecule has 0 aliphatic carbocycles. The Kier molecular flexibility index (Phi) is 8.33. The predicted molar refractivity (Wildman–Crippen MR) is 75.7 cm³/mol. The first-order valence-electron chi connectivity index (χ1n) is 6.87. The highest BCUT2D eigenvalue weighted by molar-refractivity contribution is 4.97. The summed E-state index contributed by atoms with van der Waals surface area (Å²) in [7, 11) is 0. The van der Waals surface area contributed by atoms with E-state index in [4.69, 9.17) is 0 Å². The van der Waals surface area contributed by atoms with Crippen LogP contribution in [0, 0.1) is 11.8 Å². The molecule has 0 bridgehead atoms. The van der Waals surface area contributed by atoms with E-state index < -0.39 is 0 Å². The quantitative estimate of drug-likeness (QED) is 0.436. The molecule has 0 spiro atoms. The Bertz CT molecular complexity index is 212. The Balaban J connectivity index is 4.03. The molecule has 0 aliphatic rings. The van der Waals surface area contributed by atoms with Crippen LogP contribution in [0.5, 0.6) is 0 Å². The molecule has 94 valence electrons. The van der Waals surface area contributed by atoms with Gasteiger partial charge in [-0.05, 0) is 50.9 Å². The summed E-state index contributed by atoms with van der Waals surface area (Å²) in [5.74, 6) is 1.56. The SMILES string of the molecule is C=C(CC)CC(CC)CC[C@@H](CC)C(=C)C. The van der Waals surface area contributed by atoms with Crippen molar-refractivity contribution in [2.24, 2.45) is 11.8 Å². The van der Waals surface area contributed by atoms with Gasteiger partial charge in [0.2, 0.25) is 0 Å². The van der Waals surface area contributed by atoms with Crippen LogP contribution in [0.15, 0.2) is 24.3 Å². The first-order valence-corrected chi connectivity index (χ1v) is 6.87. The van der Waals surface area contributed by atoms with Crippen molar-refractivity contribution in [1.82, 2.24) is 0 Å². The Morgan fingerprint density at radius 1 is 1.00 bits per heavy atom.